The highest BCUT2D eigenvalue weighted by Crippen LogP contribution is 2.17. The van der Waals surface area contributed by atoms with Crippen molar-refractivity contribution in [2.45, 2.75) is 19.3 Å². The zero-order valence-corrected chi connectivity index (χ0v) is 4.88. The van der Waals surface area contributed by atoms with Gasteiger partial charge in [0.2, 0.25) is 6.43 Å². The lowest BCUT2D eigenvalue weighted by molar-refractivity contribution is 0.135. The van der Waals surface area contributed by atoms with Gasteiger partial charge in [-0.15, -0.1) is 0 Å². The molecule has 0 aliphatic heterocycles. The molecule has 0 bridgehead atoms. The van der Waals surface area contributed by atoms with Crippen LogP contribution in [0.5, 0.6) is 0 Å². The Balaban J connectivity index is 3.60. The molecule has 0 unspecified atom stereocenters. The summed E-state index contributed by atoms with van der Waals surface area (Å²) >= 11 is 0. The minimum Gasteiger partial charge on any atom is -0.211 e. The normalized spacial score (nSPS) is 10.2. The van der Waals surface area contributed by atoms with Crippen LogP contribution in [0, 0.1) is 0 Å². The molecule has 0 atom stereocenters. The molecule has 0 aliphatic rings. The first kappa shape index (κ1) is 9.39. The molecule has 0 rings (SSSR count). The van der Waals surface area contributed by atoms with Crippen LogP contribution in [-0.4, -0.2) is 6.43 Å². The number of alkyl halides is 2. The maximum Gasteiger partial charge on any atom is 0.301 e. The van der Waals surface area contributed by atoms with Gasteiger partial charge in [0, 0.05) is 12.8 Å². The Morgan fingerprint density at radius 2 is 1.60 bits per heavy atom. The number of halogens is 5. The Labute approximate surface area is 54.3 Å². The number of allylic oxidation sites excluding steroid dienone is 1. The van der Waals surface area contributed by atoms with E-state index in [9.17, 15) is 22.0 Å². The van der Waals surface area contributed by atoms with E-state index in [4.69, 9.17) is 0 Å². The highest BCUT2D eigenvalue weighted by molar-refractivity contribution is 4.90. The van der Waals surface area contributed by atoms with E-state index in [1.165, 1.54) is 0 Å². The Hall–Kier alpha value is -0.610. The summed E-state index contributed by atoms with van der Waals surface area (Å²) in [7, 11) is 0. The van der Waals surface area contributed by atoms with Crippen molar-refractivity contribution in [2.24, 2.45) is 0 Å². The summed E-state index contributed by atoms with van der Waals surface area (Å²) in [5.41, 5.74) is 0. The molecule has 0 heterocycles. The molecular formula is C5H5F5. The lowest BCUT2D eigenvalue weighted by Gasteiger charge is -1.94. The topological polar surface area (TPSA) is 0 Å². The van der Waals surface area contributed by atoms with E-state index in [0.29, 0.717) is 0 Å². The fourth-order valence-electron chi connectivity index (χ4n) is 0.330. The number of hydrogen-bond donors (Lipinski definition) is 0. The van der Waals surface area contributed by atoms with Crippen LogP contribution in [0.3, 0.4) is 0 Å². The molecule has 0 saturated carbocycles. The van der Waals surface area contributed by atoms with Crippen LogP contribution in [0.4, 0.5) is 22.0 Å². The van der Waals surface area contributed by atoms with Crippen LogP contribution < -0.4 is 0 Å². The second-order valence-electron chi connectivity index (χ2n) is 1.60. The molecule has 0 radical (unpaired) electrons. The average molecular weight is 160 g/mol. The molecule has 0 aromatic carbocycles. The van der Waals surface area contributed by atoms with Crippen molar-refractivity contribution >= 4 is 0 Å². The van der Waals surface area contributed by atoms with Crippen LogP contribution in [0.2, 0.25) is 0 Å². The maximum atomic E-state index is 11.7. The molecule has 60 valence electrons. The summed E-state index contributed by atoms with van der Waals surface area (Å²) < 4.78 is 56.4. The van der Waals surface area contributed by atoms with Crippen molar-refractivity contribution < 1.29 is 22.0 Å². The van der Waals surface area contributed by atoms with Crippen molar-refractivity contribution in [3.05, 3.63) is 11.9 Å². The van der Waals surface area contributed by atoms with Crippen molar-refractivity contribution in [3.8, 4) is 0 Å². The van der Waals surface area contributed by atoms with Crippen molar-refractivity contribution in [1.29, 1.82) is 0 Å². The molecule has 10 heavy (non-hydrogen) atoms. The van der Waals surface area contributed by atoms with Crippen LogP contribution in [0.25, 0.3) is 0 Å². The van der Waals surface area contributed by atoms with E-state index < -0.39 is 31.2 Å². The van der Waals surface area contributed by atoms with Gasteiger partial charge in [0.05, 0.1) is 0 Å². The van der Waals surface area contributed by atoms with E-state index in [-0.39, 0.29) is 0 Å². The van der Waals surface area contributed by atoms with E-state index in [1.807, 2.05) is 0 Å². The van der Waals surface area contributed by atoms with Crippen molar-refractivity contribution in [3.63, 3.8) is 0 Å². The highest BCUT2D eigenvalue weighted by Gasteiger charge is 2.08. The van der Waals surface area contributed by atoms with Gasteiger partial charge in [-0.3, -0.25) is 0 Å². The monoisotopic (exact) mass is 160 g/mol. The zero-order chi connectivity index (χ0) is 8.15. The fourth-order valence-corrected chi connectivity index (χ4v) is 0.330. The third-order valence-corrected chi connectivity index (χ3v) is 0.787. The molecule has 0 aromatic heterocycles. The van der Waals surface area contributed by atoms with Crippen LogP contribution in [0.15, 0.2) is 11.9 Å². The van der Waals surface area contributed by atoms with E-state index >= 15 is 0 Å². The van der Waals surface area contributed by atoms with Gasteiger partial charge < -0.3 is 0 Å². The van der Waals surface area contributed by atoms with E-state index in [1.54, 1.807) is 0 Å². The lowest BCUT2D eigenvalue weighted by Crippen LogP contribution is -1.89. The third kappa shape index (κ3) is 4.29. The molecule has 0 nitrogen and oxygen atoms in total. The highest BCUT2D eigenvalue weighted by atomic mass is 19.3. The molecule has 0 N–H and O–H groups in total. The van der Waals surface area contributed by atoms with Gasteiger partial charge in [-0.1, -0.05) is 0 Å². The van der Waals surface area contributed by atoms with Gasteiger partial charge in [0.15, 0.2) is 5.83 Å². The largest absolute Gasteiger partial charge is 0.301 e. The Morgan fingerprint density at radius 3 is 1.90 bits per heavy atom. The average Bonchev–Trinajstić information content (AvgIpc) is 1.82. The molecule has 5 heteroatoms. The van der Waals surface area contributed by atoms with Gasteiger partial charge in [0.1, 0.15) is 0 Å². The van der Waals surface area contributed by atoms with Gasteiger partial charge in [-0.2, -0.15) is 8.78 Å². The maximum absolute atomic E-state index is 11.7. The first-order chi connectivity index (χ1) is 4.54. The number of rotatable bonds is 3. The third-order valence-electron chi connectivity index (χ3n) is 0.787. The Bertz CT molecular complexity index is 124. The molecule has 0 saturated heterocycles. The molecular weight excluding hydrogens is 155 g/mol. The summed E-state index contributed by atoms with van der Waals surface area (Å²) in [6, 6.07) is 0. The summed E-state index contributed by atoms with van der Waals surface area (Å²) in [5, 5.41) is 0. The molecule has 0 fully saturated rings. The fraction of sp³-hybridized carbons (Fsp3) is 0.600. The van der Waals surface area contributed by atoms with Gasteiger partial charge in [0.25, 0.3) is 0 Å². The van der Waals surface area contributed by atoms with Gasteiger partial charge in [-0.05, 0) is 0 Å². The second-order valence-corrected chi connectivity index (χ2v) is 1.60. The van der Waals surface area contributed by atoms with Gasteiger partial charge in [-0.25, -0.2) is 13.2 Å². The second kappa shape index (κ2) is 4.24. The van der Waals surface area contributed by atoms with Gasteiger partial charge >= 0.3 is 6.08 Å². The molecule has 0 aliphatic carbocycles. The predicted molar refractivity (Wildman–Crippen MR) is 25.6 cm³/mol. The summed E-state index contributed by atoms with van der Waals surface area (Å²) in [5.74, 6) is -1.75. The van der Waals surface area contributed by atoms with E-state index in [0.717, 1.165) is 0 Å². The Morgan fingerprint density at radius 1 is 1.10 bits per heavy atom. The summed E-state index contributed by atoms with van der Waals surface area (Å²) in [6.45, 7) is 0. The first-order valence-corrected chi connectivity index (χ1v) is 2.52. The zero-order valence-electron chi connectivity index (χ0n) is 4.88. The van der Waals surface area contributed by atoms with Crippen LogP contribution >= 0.6 is 0 Å². The Kier molecular flexibility index (Phi) is 3.99. The van der Waals surface area contributed by atoms with Crippen molar-refractivity contribution in [1.82, 2.24) is 0 Å². The molecule has 0 spiro atoms. The standard InChI is InChI=1S/C5H5F5/c6-3(5(9)10)1-2-4(7)8/h4H,1-2H2. The predicted octanol–water partition coefficient (Wildman–Crippen LogP) is 3.11. The van der Waals surface area contributed by atoms with Crippen molar-refractivity contribution in [2.75, 3.05) is 0 Å². The van der Waals surface area contributed by atoms with E-state index in [2.05, 4.69) is 0 Å². The SMILES string of the molecule is FC(F)=C(F)CCC(F)F. The molecule has 0 amide bonds. The smallest absolute Gasteiger partial charge is 0.211 e. The quantitative estimate of drug-likeness (QED) is 0.556. The molecule has 0 aromatic rings. The lowest BCUT2D eigenvalue weighted by atomic mass is 10.3. The minimum absolute atomic E-state index is 0.858. The van der Waals surface area contributed by atoms with Crippen LogP contribution in [0.1, 0.15) is 12.8 Å². The summed E-state index contributed by atoms with van der Waals surface area (Å²) in [6.07, 6.45) is -6.99. The van der Waals surface area contributed by atoms with Crippen LogP contribution in [-0.2, 0) is 0 Å². The first-order valence-electron chi connectivity index (χ1n) is 2.52. The minimum atomic E-state index is -2.73. The summed E-state index contributed by atoms with van der Waals surface area (Å²) in [4.78, 5) is 0. The number of hydrogen-bond acceptors (Lipinski definition) is 0.